The smallest absolute Gasteiger partial charge is 0.223 e. The van der Waals surface area contributed by atoms with Crippen molar-refractivity contribution in [2.24, 2.45) is 5.92 Å². The van der Waals surface area contributed by atoms with Crippen molar-refractivity contribution >= 4 is 29.9 Å². The minimum Gasteiger partial charge on any atom is -0.492 e. The molecule has 1 aromatic carbocycles. The topological polar surface area (TPSA) is 79.5 Å². The maximum atomic E-state index is 11.9. The lowest BCUT2D eigenvalue weighted by Gasteiger charge is -2.21. The highest BCUT2D eigenvalue weighted by atomic mass is 35.5. The Morgan fingerprint density at radius 1 is 1.30 bits per heavy atom. The highest BCUT2D eigenvalue weighted by molar-refractivity contribution is 5.88. The van der Waals surface area contributed by atoms with Gasteiger partial charge in [-0.2, -0.15) is 0 Å². The van der Waals surface area contributed by atoms with Gasteiger partial charge in [0.1, 0.15) is 12.4 Å². The number of rotatable bonds is 6. The van der Waals surface area contributed by atoms with Crippen molar-refractivity contribution in [2.45, 2.75) is 19.8 Å². The third kappa shape index (κ3) is 6.88. The van der Waals surface area contributed by atoms with Crippen molar-refractivity contribution in [2.75, 3.05) is 31.6 Å². The maximum absolute atomic E-state index is 11.9. The fourth-order valence-corrected chi connectivity index (χ4v) is 2.44. The van der Waals surface area contributed by atoms with Crippen LogP contribution < -0.4 is 20.7 Å². The lowest BCUT2D eigenvalue weighted by atomic mass is 9.97. The van der Waals surface area contributed by atoms with Crippen molar-refractivity contribution in [1.29, 1.82) is 0 Å². The van der Waals surface area contributed by atoms with Crippen LogP contribution in [0.3, 0.4) is 0 Å². The van der Waals surface area contributed by atoms with Gasteiger partial charge in [0, 0.05) is 24.6 Å². The van der Waals surface area contributed by atoms with Crippen molar-refractivity contribution in [3.05, 3.63) is 24.3 Å². The summed E-state index contributed by atoms with van der Waals surface area (Å²) in [5.41, 5.74) is 0.698. The Hall–Kier alpha value is -1.79. The van der Waals surface area contributed by atoms with Gasteiger partial charge in [0.2, 0.25) is 11.8 Å². The zero-order chi connectivity index (χ0) is 15.8. The minimum absolute atomic E-state index is 0. The molecule has 2 amide bonds. The van der Waals surface area contributed by atoms with E-state index in [4.69, 9.17) is 4.74 Å². The highest BCUT2D eigenvalue weighted by Crippen LogP contribution is 2.17. The van der Waals surface area contributed by atoms with Crippen molar-refractivity contribution in [1.82, 2.24) is 10.6 Å². The molecule has 0 aliphatic carbocycles. The first-order chi connectivity index (χ1) is 10.6. The number of hydrogen-bond donors (Lipinski definition) is 3. The van der Waals surface area contributed by atoms with Crippen LogP contribution in [-0.2, 0) is 9.59 Å². The van der Waals surface area contributed by atoms with E-state index in [1.165, 1.54) is 6.92 Å². The molecule has 0 unspecified atom stereocenters. The van der Waals surface area contributed by atoms with Gasteiger partial charge >= 0.3 is 0 Å². The van der Waals surface area contributed by atoms with Gasteiger partial charge in [0.05, 0.1) is 6.54 Å². The van der Waals surface area contributed by atoms with Gasteiger partial charge in [0.15, 0.2) is 0 Å². The van der Waals surface area contributed by atoms with Crippen LogP contribution in [0.2, 0.25) is 0 Å². The van der Waals surface area contributed by atoms with Crippen LogP contribution in [0.15, 0.2) is 24.3 Å². The molecule has 23 heavy (non-hydrogen) atoms. The van der Waals surface area contributed by atoms with E-state index in [2.05, 4.69) is 16.0 Å². The summed E-state index contributed by atoms with van der Waals surface area (Å²) in [5.74, 6) is 0.773. The molecule has 0 radical (unpaired) electrons. The summed E-state index contributed by atoms with van der Waals surface area (Å²) in [4.78, 5) is 22.9. The maximum Gasteiger partial charge on any atom is 0.223 e. The molecule has 6 nitrogen and oxygen atoms in total. The van der Waals surface area contributed by atoms with Gasteiger partial charge in [0.25, 0.3) is 0 Å². The first kappa shape index (κ1) is 19.3. The molecule has 1 aliphatic heterocycles. The van der Waals surface area contributed by atoms with E-state index in [-0.39, 0.29) is 30.1 Å². The fraction of sp³-hybridized carbons (Fsp3) is 0.500. The second kappa shape index (κ2) is 10.1. The second-order valence-electron chi connectivity index (χ2n) is 5.37. The van der Waals surface area contributed by atoms with Gasteiger partial charge in [-0.05, 0) is 38.1 Å². The summed E-state index contributed by atoms with van der Waals surface area (Å²) in [5, 5.41) is 8.85. The van der Waals surface area contributed by atoms with Crippen molar-refractivity contribution in [3.8, 4) is 5.75 Å². The number of anilines is 1. The molecular weight excluding hydrogens is 318 g/mol. The lowest BCUT2D eigenvalue weighted by molar-refractivity contribution is -0.125. The fourth-order valence-electron chi connectivity index (χ4n) is 2.44. The third-order valence-corrected chi connectivity index (χ3v) is 3.53. The Bertz CT molecular complexity index is 519. The summed E-state index contributed by atoms with van der Waals surface area (Å²) in [6.07, 6.45) is 1.79. The Morgan fingerprint density at radius 3 is 2.74 bits per heavy atom. The summed E-state index contributed by atoms with van der Waals surface area (Å²) in [7, 11) is 0. The predicted octanol–water partition coefficient (Wildman–Crippen LogP) is 1.56. The number of amides is 2. The molecule has 2 rings (SSSR count). The number of piperidine rings is 1. The zero-order valence-electron chi connectivity index (χ0n) is 13.3. The standard InChI is InChI=1S/C16H23N3O3.ClH/c1-12(20)19-14-3-2-4-15(11-14)22-10-9-18-16(21)13-5-7-17-8-6-13;/h2-4,11,13,17H,5-10H2,1H3,(H,18,21)(H,19,20);1H. The molecule has 1 aliphatic rings. The number of nitrogens with one attached hydrogen (secondary N) is 3. The molecule has 0 saturated carbocycles. The molecule has 7 heteroatoms. The highest BCUT2D eigenvalue weighted by Gasteiger charge is 2.20. The van der Waals surface area contributed by atoms with E-state index in [0.717, 1.165) is 25.9 Å². The quantitative estimate of drug-likeness (QED) is 0.686. The van der Waals surface area contributed by atoms with E-state index in [1.54, 1.807) is 12.1 Å². The molecule has 1 heterocycles. The molecule has 0 atom stereocenters. The summed E-state index contributed by atoms with van der Waals surface area (Å²) >= 11 is 0. The van der Waals surface area contributed by atoms with E-state index in [0.29, 0.717) is 24.6 Å². The number of hydrogen-bond acceptors (Lipinski definition) is 4. The first-order valence-electron chi connectivity index (χ1n) is 7.64. The lowest BCUT2D eigenvalue weighted by Crippen LogP contribution is -2.39. The molecule has 3 N–H and O–H groups in total. The first-order valence-corrected chi connectivity index (χ1v) is 7.64. The Balaban J connectivity index is 0.00000264. The number of benzene rings is 1. The molecule has 128 valence electrons. The van der Waals surface area contributed by atoms with Crippen molar-refractivity contribution in [3.63, 3.8) is 0 Å². The largest absolute Gasteiger partial charge is 0.492 e. The number of halogens is 1. The van der Waals surface area contributed by atoms with E-state index in [9.17, 15) is 9.59 Å². The molecule has 1 aromatic rings. The third-order valence-electron chi connectivity index (χ3n) is 3.53. The van der Waals surface area contributed by atoms with Crippen LogP contribution in [0, 0.1) is 5.92 Å². The van der Waals surface area contributed by atoms with Gasteiger partial charge < -0.3 is 20.7 Å². The van der Waals surface area contributed by atoms with E-state index >= 15 is 0 Å². The van der Waals surface area contributed by atoms with Crippen LogP contribution in [0.5, 0.6) is 5.75 Å². The predicted molar refractivity (Wildman–Crippen MR) is 92.1 cm³/mol. The molecule has 1 fully saturated rings. The average molecular weight is 342 g/mol. The monoisotopic (exact) mass is 341 g/mol. The molecule has 1 saturated heterocycles. The van der Waals surface area contributed by atoms with Crippen LogP contribution >= 0.6 is 12.4 Å². The van der Waals surface area contributed by atoms with Crippen LogP contribution in [0.1, 0.15) is 19.8 Å². The summed E-state index contributed by atoms with van der Waals surface area (Å²) in [6.45, 7) is 4.16. The second-order valence-corrected chi connectivity index (χ2v) is 5.37. The van der Waals surface area contributed by atoms with Crippen LogP contribution in [0.4, 0.5) is 5.69 Å². The minimum atomic E-state index is -0.119. The average Bonchev–Trinajstić information content (AvgIpc) is 2.52. The molecule has 0 aromatic heterocycles. The van der Waals surface area contributed by atoms with Crippen LogP contribution in [-0.4, -0.2) is 38.1 Å². The van der Waals surface area contributed by atoms with Crippen LogP contribution in [0.25, 0.3) is 0 Å². The van der Waals surface area contributed by atoms with Crippen molar-refractivity contribution < 1.29 is 14.3 Å². The molecule has 0 bridgehead atoms. The molecular formula is C16H24ClN3O3. The normalized spacial score (nSPS) is 14.5. The summed E-state index contributed by atoms with van der Waals surface area (Å²) in [6, 6.07) is 7.19. The zero-order valence-corrected chi connectivity index (χ0v) is 14.1. The Labute approximate surface area is 142 Å². The number of carbonyl (C=O) groups excluding carboxylic acids is 2. The Morgan fingerprint density at radius 2 is 2.04 bits per heavy atom. The van der Waals surface area contributed by atoms with E-state index < -0.39 is 0 Å². The Kier molecular flexibility index (Phi) is 8.43. The number of carbonyl (C=O) groups is 2. The van der Waals surface area contributed by atoms with Gasteiger partial charge in [-0.15, -0.1) is 12.4 Å². The van der Waals surface area contributed by atoms with E-state index in [1.807, 2.05) is 12.1 Å². The SMILES string of the molecule is CC(=O)Nc1cccc(OCCNC(=O)C2CCNCC2)c1.Cl. The molecule has 0 spiro atoms. The van der Waals surface area contributed by atoms with Gasteiger partial charge in [-0.1, -0.05) is 6.07 Å². The van der Waals surface area contributed by atoms with Gasteiger partial charge in [-0.3, -0.25) is 9.59 Å². The summed E-state index contributed by atoms with van der Waals surface area (Å²) < 4.78 is 5.59. The van der Waals surface area contributed by atoms with Gasteiger partial charge in [-0.25, -0.2) is 0 Å². The number of ether oxygens (including phenoxy) is 1.